The van der Waals surface area contributed by atoms with Crippen LogP contribution in [0.5, 0.6) is 0 Å². The molecule has 0 aromatic heterocycles. The van der Waals surface area contributed by atoms with Crippen molar-refractivity contribution in [3.8, 4) is 11.8 Å². The first-order valence-corrected chi connectivity index (χ1v) is 7.79. The number of hydrogen-bond acceptors (Lipinski definition) is 2. The zero-order valence-corrected chi connectivity index (χ0v) is 14.7. The molecule has 0 bridgehead atoms. The summed E-state index contributed by atoms with van der Waals surface area (Å²) in [4.78, 5) is 4.32. The van der Waals surface area contributed by atoms with Crippen LogP contribution in [0.4, 0.5) is 0 Å². The number of nitrogens with one attached hydrogen (secondary N) is 1. The monoisotopic (exact) mass is 306 g/mol. The molecule has 0 saturated heterocycles. The van der Waals surface area contributed by atoms with Crippen LogP contribution in [0, 0.1) is 18.8 Å². The highest BCUT2D eigenvalue weighted by Crippen LogP contribution is 2.12. The Kier molecular flexibility index (Phi) is 7.63. The van der Waals surface area contributed by atoms with Gasteiger partial charge in [-0.3, -0.25) is 0 Å². The van der Waals surface area contributed by atoms with Gasteiger partial charge in [0.25, 0.3) is 0 Å². The molecule has 120 valence electrons. The van der Waals surface area contributed by atoms with Gasteiger partial charge < -0.3 is 5.32 Å². The third-order valence-corrected chi connectivity index (χ3v) is 3.38. The Bertz CT molecular complexity index is 694. The Morgan fingerprint density at radius 2 is 2.04 bits per heavy atom. The fourth-order valence-electron chi connectivity index (χ4n) is 1.97. The lowest BCUT2D eigenvalue weighted by Crippen LogP contribution is -2.11. The molecule has 0 atom stereocenters. The van der Waals surface area contributed by atoms with E-state index in [0.717, 1.165) is 29.8 Å². The molecule has 0 aliphatic rings. The Morgan fingerprint density at radius 3 is 2.65 bits per heavy atom. The van der Waals surface area contributed by atoms with Crippen LogP contribution in [0.3, 0.4) is 0 Å². The lowest BCUT2D eigenvalue weighted by Gasteiger charge is -2.09. The molecule has 2 nitrogen and oxygen atoms in total. The van der Waals surface area contributed by atoms with E-state index in [2.05, 4.69) is 66.5 Å². The molecule has 0 saturated carbocycles. The van der Waals surface area contributed by atoms with Crippen molar-refractivity contribution in [1.29, 1.82) is 0 Å². The van der Waals surface area contributed by atoms with Gasteiger partial charge in [-0.15, -0.1) is 0 Å². The van der Waals surface area contributed by atoms with Crippen molar-refractivity contribution in [3.63, 3.8) is 0 Å². The normalized spacial score (nSPS) is 11.5. The minimum Gasteiger partial charge on any atom is -0.334 e. The maximum Gasteiger partial charge on any atom is 0.133 e. The van der Waals surface area contributed by atoms with Crippen LogP contribution >= 0.6 is 0 Å². The third-order valence-electron chi connectivity index (χ3n) is 3.38. The zero-order chi connectivity index (χ0) is 17.2. The lowest BCUT2D eigenvalue weighted by molar-refractivity contribution is 0.961. The van der Waals surface area contributed by atoms with Gasteiger partial charge in [0.15, 0.2) is 0 Å². The number of rotatable bonds is 6. The number of allylic oxidation sites excluding steroid dienone is 3. The van der Waals surface area contributed by atoms with Gasteiger partial charge in [-0.1, -0.05) is 54.5 Å². The van der Waals surface area contributed by atoms with Gasteiger partial charge >= 0.3 is 0 Å². The summed E-state index contributed by atoms with van der Waals surface area (Å²) >= 11 is 0. The van der Waals surface area contributed by atoms with Crippen LogP contribution in [0.15, 0.2) is 65.1 Å². The molecule has 0 aliphatic heterocycles. The number of hydrogen-bond donors (Lipinski definition) is 1. The molecule has 1 aromatic carbocycles. The van der Waals surface area contributed by atoms with Gasteiger partial charge in [0.2, 0.25) is 0 Å². The molecule has 1 N–H and O–H groups in total. The standard InChI is InChI=1S/C21H26N2/c1-7-22-21(19(6)16(2)3)23-18(5)12-8-9-13-20-14-10-11-17(4)15-20/h7,10-11,14-15,23H,2,5,9,13H2,1,3-4,6H3/b21-19+,22-7-. The van der Waals surface area contributed by atoms with Crippen LogP contribution in [-0.4, -0.2) is 6.21 Å². The smallest absolute Gasteiger partial charge is 0.133 e. The molecule has 0 fully saturated rings. The van der Waals surface area contributed by atoms with Crippen LogP contribution in [-0.2, 0) is 6.42 Å². The molecule has 0 unspecified atom stereocenters. The topological polar surface area (TPSA) is 24.4 Å². The van der Waals surface area contributed by atoms with E-state index in [0.29, 0.717) is 5.70 Å². The van der Waals surface area contributed by atoms with E-state index in [4.69, 9.17) is 0 Å². The summed E-state index contributed by atoms with van der Waals surface area (Å²) < 4.78 is 0. The molecule has 0 heterocycles. The van der Waals surface area contributed by atoms with E-state index < -0.39 is 0 Å². The van der Waals surface area contributed by atoms with Crippen LogP contribution in [0.1, 0.15) is 38.3 Å². The molecule has 0 amide bonds. The molecular formula is C21H26N2. The van der Waals surface area contributed by atoms with Crippen molar-refractivity contribution in [2.24, 2.45) is 4.99 Å². The van der Waals surface area contributed by atoms with Crippen molar-refractivity contribution in [3.05, 3.63) is 71.2 Å². The van der Waals surface area contributed by atoms with E-state index in [9.17, 15) is 0 Å². The van der Waals surface area contributed by atoms with Crippen molar-refractivity contribution in [2.75, 3.05) is 0 Å². The highest BCUT2D eigenvalue weighted by molar-refractivity contribution is 5.56. The summed E-state index contributed by atoms with van der Waals surface area (Å²) in [7, 11) is 0. The Hall–Kier alpha value is -2.53. The lowest BCUT2D eigenvalue weighted by atomic mass is 10.1. The van der Waals surface area contributed by atoms with Gasteiger partial charge in [-0.2, -0.15) is 0 Å². The van der Waals surface area contributed by atoms with Gasteiger partial charge in [-0.05, 0) is 51.2 Å². The van der Waals surface area contributed by atoms with Crippen molar-refractivity contribution in [1.82, 2.24) is 5.32 Å². The summed E-state index contributed by atoms with van der Waals surface area (Å²) in [5.74, 6) is 6.96. The third kappa shape index (κ3) is 6.84. The Balaban J connectivity index is 2.63. The maximum atomic E-state index is 4.32. The number of aliphatic imine (C=N–C) groups is 1. The van der Waals surface area contributed by atoms with E-state index in [1.807, 2.05) is 20.8 Å². The molecular weight excluding hydrogens is 280 g/mol. The highest BCUT2D eigenvalue weighted by atomic mass is 15.0. The first kappa shape index (κ1) is 18.5. The predicted octanol–water partition coefficient (Wildman–Crippen LogP) is 4.93. The van der Waals surface area contributed by atoms with E-state index in [1.54, 1.807) is 6.21 Å². The average molecular weight is 306 g/mol. The molecule has 0 aliphatic carbocycles. The van der Waals surface area contributed by atoms with E-state index in [1.165, 1.54) is 11.1 Å². The summed E-state index contributed by atoms with van der Waals surface area (Å²) in [6.07, 6.45) is 3.50. The minimum atomic E-state index is 0.649. The first-order valence-electron chi connectivity index (χ1n) is 7.79. The van der Waals surface area contributed by atoms with Crippen LogP contribution in [0.25, 0.3) is 0 Å². The highest BCUT2D eigenvalue weighted by Gasteiger charge is 2.01. The SMILES string of the molecule is C=C(C#CCCc1cccc(C)c1)NC(/N=C\C)=C(\C)C(=C)C. The largest absolute Gasteiger partial charge is 0.334 e. The van der Waals surface area contributed by atoms with Crippen molar-refractivity contribution < 1.29 is 0 Å². The molecule has 1 aromatic rings. The fourth-order valence-corrected chi connectivity index (χ4v) is 1.97. The summed E-state index contributed by atoms with van der Waals surface area (Å²) in [5.41, 5.74) is 5.22. The van der Waals surface area contributed by atoms with Crippen LogP contribution in [0.2, 0.25) is 0 Å². The number of aryl methyl sites for hydroxylation is 2. The second kappa shape index (κ2) is 9.48. The first-order chi connectivity index (χ1) is 10.9. The molecule has 1 rings (SSSR count). The van der Waals surface area contributed by atoms with Gasteiger partial charge in [-0.25, -0.2) is 4.99 Å². The van der Waals surface area contributed by atoms with Crippen molar-refractivity contribution >= 4 is 6.21 Å². The zero-order valence-electron chi connectivity index (χ0n) is 14.7. The second-order valence-electron chi connectivity index (χ2n) is 5.54. The average Bonchev–Trinajstić information content (AvgIpc) is 2.50. The molecule has 2 heteroatoms. The van der Waals surface area contributed by atoms with Crippen molar-refractivity contribution in [2.45, 2.75) is 40.5 Å². The molecule has 0 radical (unpaired) electrons. The molecule has 23 heavy (non-hydrogen) atoms. The van der Waals surface area contributed by atoms with E-state index in [-0.39, 0.29) is 0 Å². The van der Waals surface area contributed by atoms with Crippen LogP contribution < -0.4 is 5.32 Å². The van der Waals surface area contributed by atoms with Gasteiger partial charge in [0.1, 0.15) is 5.82 Å². The Morgan fingerprint density at radius 1 is 1.30 bits per heavy atom. The summed E-state index contributed by atoms with van der Waals surface area (Å²) in [6.45, 7) is 15.8. The van der Waals surface area contributed by atoms with Gasteiger partial charge in [0.05, 0.1) is 5.70 Å². The second-order valence-corrected chi connectivity index (χ2v) is 5.54. The minimum absolute atomic E-state index is 0.649. The Labute approximate surface area is 140 Å². The number of nitrogens with zero attached hydrogens (tertiary/aromatic N) is 1. The fraction of sp³-hybridized carbons (Fsp3) is 0.286. The molecule has 0 spiro atoms. The summed E-state index contributed by atoms with van der Waals surface area (Å²) in [6, 6.07) is 8.52. The quantitative estimate of drug-likeness (QED) is 0.450. The summed E-state index contributed by atoms with van der Waals surface area (Å²) in [5, 5.41) is 3.16. The predicted molar refractivity (Wildman–Crippen MR) is 101 cm³/mol. The number of benzene rings is 1. The van der Waals surface area contributed by atoms with Gasteiger partial charge in [0, 0.05) is 12.6 Å². The maximum absolute atomic E-state index is 4.32. The van der Waals surface area contributed by atoms with E-state index >= 15 is 0 Å².